The molecule has 3 atom stereocenters. The molecule has 0 spiro atoms. The minimum absolute atomic E-state index is 0.0443. The predicted octanol–water partition coefficient (Wildman–Crippen LogP) is 3.02. The molecule has 1 amide bonds. The zero-order valence-electron chi connectivity index (χ0n) is 17.6. The number of carbonyl (C=O) groups is 1. The lowest BCUT2D eigenvalue weighted by molar-refractivity contribution is 0.0643. The van der Waals surface area contributed by atoms with Crippen LogP contribution in [0.3, 0.4) is 0 Å². The molecule has 2 N–H and O–H groups in total. The fourth-order valence-electron chi connectivity index (χ4n) is 4.52. The van der Waals surface area contributed by atoms with Crippen molar-refractivity contribution in [2.45, 2.75) is 51.5 Å². The number of carbonyl (C=O) groups excluding carboxylic acids is 1. The first-order valence-electron chi connectivity index (χ1n) is 10.7. The Balaban J connectivity index is 1.46. The molecule has 2 aromatic rings. The molecule has 2 saturated heterocycles. The van der Waals surface area contributed by atoms with Gasteiger partial charge in [0.25, 0.3) is 5.91 Å². The third kappa shape index (κ3) is 4.33. The highest BCUT2D eigenvalue weighted by molar-refractivity contribution is 5.93. The van der Waals surface area contributed by atoms with Crippen molar-refractivity contribution in [1.82, 2.24) is 25.7 Å². The van der Waals surface area contributed by atoms with E-state index in [0.29, 0.717) is 23.4 Å². The molecule has 3 heterocycles. The summed E-state index contributed by atoms with van der Waals surface area (Å²) in [6.07, 6.45) is 5.52. The van der Waals surface area contributed by atoms with Crippen LogP contribution < -0.4 is 10.9 Å². The molecule has 0 aliphatic carbocycles. The molecule has 2 fully saturated rings. The second-order valence-electron chi connectivity index (χ2n) is 8.71. The van der Waals surface area contributed by atoms with Crippen molar-refractivity contribution < 1.29 is 4.79 Å². The summed E-state index contributed by atoms with van der Waals surface area (Å²) in [4.78, 5) is 23.8. The smallest absolute Gasteiger partial charge is 0.257 e. The van der Waals surface area contributed by atoms with Gasteiger partial charge >= 0.3 is 0 Å². The molecule has 1 aromatic carbocycles. The molecule has 4 rings (SSSR count). The maximum atomic E-state index is 13.0. The van der Waals surface area contributed by atoms with E-state index >= 15 is 0 Å². The zero-order valence-corrected chi connectivity index (χ0v) is 17.6. The predicted molar refractivity (Wildman–Crippen MR) is 114 cm³/mol. The van der Waals surface area contributed by atoms with Crippen molar-refractivity contribution in [3.63, 3.8) is 0 Å². The maximum Gasteiger partial charge on any atom is 0.257 e. The van der Waals surface area contributed by atoms with Crippen molar-refractivity contribution in [1.29, 1.82) is 0 Å². The van der Waals surface area contributed by atoms with Gasteiger partial charge in [0.1, 0.15) is 5.82 Å². The zero-order chi connectivity index (χ0) is 20.4. The quantitative estimate of drug-likeness (QED) is 0.836. The van der Waals surface area contributed by atoms with Gasteiger partial charge in [0.2, 0.25) is 0 Å². The van der Waals surface area contributed by atoms with Gasteiger partial charge in [-0.1, -0.05) is 43.7 Å². The molecule has 6 nitrogen and oxygen atoms in total. The van der Waals surface area contributed by atoms with E-state index in [9.17, 15) is 4.79 Å². The second kappa shape index (κ2) is 8.59. The summed E-state index contributed by atoms with van der Waals surface area (Å²) in [7, 11) is 0. The molecular weight excluding hydrogens is 362 g/mol. The Hall–Kier alpha value is -2.31. The Kier molecular flexibility index (Phi) is 5.92. The summed E-state index contributed by atoms with van der Waals surface area (Å²) in [5.41, 5.74) is 10.1. The average Bonchev–Trinajstić information content (AvgIpc) is 3.24. The average molecular weight is 394 g/mol. The Morgan fingerprint density at radius 2 is 1.90 bits per heavy atom. The number of hydrogen-bond acceptors (Lipinski definition) is 5. The molecule has 0 saturated carbocycles. The van der Waals surface area contributed by atoms with Crippen LogP contribution in [0.25, 0.3) is 0 Å². The Morgan fingerprint density at radius 1 is 1.17 bits per heavy atom. The Bertz CT molecular complexity index is 833. The highest BCUT2D eigenvalue weighted by Crippen LogP contribution is 2.32. The van der Waals surface area contributed by atoms with Crippen LogP contribution in [-0.2, 0) is 0 Å². The molecule has 1 aromatic heterocycles. The summed E-state index contributed by atoms with van der Waals surface area (Å²) in [5, 5.41) is 0. The number of benzene rings is 1. The molecule has 6 heteroatoms. The normalized spacial score (nSPS) is 24.8. The van der Waals surface area contributed by atoms with Gasteiger partial charge in [-0.2, -0.15) is 0 Å². The molecule has 2 aliphatic rings. The molecule has 2 aliphatic heterocycles. The first-order chi connectivity index (χ1) is 14.0. The van der Waals surface area contributed by atoms with Crippen LogP contribution in [0.4, 0.5) is 0 Å². The summed E-state index contributed by atoms with van der Waals surface area (Å²) < 4.78 is 0. The van der Waals surface area contributed by atoms with E-state index in [-0.39, 0.29) is 11.8 Å². The minimum Gasteiger partial charge on any atom is -0.338 e. The van der Waals surface area contributed by atoms with E-state index < -0.39 is 0 Å². The fraction of sp³-hybridized carbons (Fsp3) is 0.522. The van der Waals surface area contributed by atoms with E-state index in [1.807, 2.05) is 4.90 Å². The van der Waals surface area contributed by atoms with Gasteiger partial charge in [0.05, 0.1) is 5.56 Å². The summed E-state index contributed by atoms with van der Waals surface area (Å²) in [6.45, 7) is 8.72. The topological polar surface area (TPSA) is 70.2 Å². The summed E-state index contributed by atoms with van der Waals surface area (Å²) in [5.74, 6) is 1.93. The molecule has 29 heavy (non-hydrogen) atoms. The van der Waals surface area contributed by atoms with Crippen LogP contribution in [0.1, 0.15) is 65.8 Å². The van der Waals surface area contributed by atoms with Crippen LogP contribution in [-0.4, -0.2) is 46.5 Å². The van der Waals surface area contributed by atoms with Crippen molar-refractivity contribution >= 4 is 5.91 Å². The van der Waals surface area contributed by atoms with Crippen LogP contribution in [0.5, 0.6) is 0 Å². The minimum atomic E-state index is 0.0443. The van der Waals surface area contributed by atoms with E-state index in [4.69, 9.17) is 0 Å². The monoisotopic (exact) mass is 393 g/mol. The lowest BCUT2D eigenvalue weighted by Gasteiger charge is -2.37. The summed E-state index contributed by atoms with van der Waals surface area (Å²) >= 11 is 0. The van der Waals surface area contributed by atoms with Gasteiger partial charge in [0.15, 0.2) is 0 Å². The number of aromatic nitrogens is 2. The van der Waals surface area contributed by atoms with Crippen molar-refractivity contribution in [3.05, 3.63) is 59.2 Å². The maximum absolute atomic E-state index is 13.0. The van der Waals surface area contributed by atoms with Gasteiger partial charge in [-0.3, -0.25) is 15.6 Å². The van der Waals surface area contributed by atoms with Crippen LogP contribution >= 0.6 is 0 Å². The van der Waals surface area contributed by atoms with Crippen LogP contribution in [0, 0.1) is 12.8 Å². The van der Waals surface area contributed by atoms with E-state index in [1.54, 1.807) is 12.4 Å². The molecule has 154 valence electrons. The Morgan fingerprint density at radius 3 is 2.59 bits per heavy atom. The standard InChI is InChI=1S/C23H31N5O/c1-15(2)22-24-11-19(12-25-22)23(29)28-10-4-5-18(14-28)21-20(13-26-27-21)17-8-6-16(3)7-9-17/h6-9,11-12,15,18,20-21,26-27H,4-5,10,13-14H2,1-3H3. The number of piperidine rings is 1. The first kappa shape index (κ1) is 20.0. The largest absolute Gasteiger partial charge is 0.338 e. The Labute approximate surface area is 173 Å². The lowest BCUT2D eigenvalue weighted by Crippen LogP contribution is -2.48. The van der Waals surface area contributed by atoms with Gasteiger partial charge in [-0.05, 0) is 31.2 Å². The van der Waals surface area contributed by atoms with Crippen LogP contribution in [0.15, 0.2) is 36.7 Å². The third-order valence-electron chi connectivity index (χ3n) is 6.22. The number of hydrogen-bond donors (Lipinski definition) is 2. The molecular formula is C23H31N5O. The third-order valence-corrected chi connectivity index (χ3v) is 6.22. The molecule has 0 bridgehead atoms. The van der Waals surface area contributed by atoms with Crippen molar-refractivity contribution in [3.8, 4) is 0 Å². The number of nitrogens with one attached hydrogen (secondary N) is 2. The highest BCUT2D eigenvalue weighted by Gasteiger charge is 2.37. The lowest BCUT2D eigenvalue weighted by atomic mass is 9.81. The van der Waals surface area contributed by atoms with Crippen molar-refractivity contribution in [2.24, 2.45) is 5.92 Å². The number of nitrogens with zero attached hydrogens (tertiary/aromatic N) is 3. The SMILES string of the molecule is Cc1ccc(C2CNNC2C2CCCN(C(=O)c3cnc(C(C)C)nc3)C2)cc1. The highest BCUT2D eigenvalue weighted by atomic mass is 16.2. The second-order valence-corrected chi connectivity index (χ2v) is 8.71. The van der Waals surface area contributed by atoms with Gasteiger partial charge < -0.3 is 4.90 Å². The molecule has 0 radical (unpaired) electrons. The van der Waals surface area contributed by atoms with Gasteiger partial charge in [-0.15, -0.1) is 0 Å². The van der Waals surface area contributed by atoms with E-state index in [0.717, 1.165) is 38.3 Å². The first-order valence-corrected chi connectivity index (χ1v) is 10.7. The van der Waals surface area contributed by atoms with E-state index in [1.165, 1.54) is 11.1 Å². The van der Waals surface area contributed by atoms with Gasteiger partial charge in [0, 0.05) is 49.9 Å². The number of hydrazine groups is 1. The van der Waals surface area contributed by atoms with Crippen LogP contribution in [0.2, 0.25) is 0 Å². The number of likely N-dealkylation sites (tertiary alicyclic amines) is 1. The number of aryl methyl sites for hydroxylation is 1. The van der Waals surface area contributed by atoms with E-state index in [2.05, 4.69) is 65.9 Å². The van der Waals surface area contributed by atoms with Crippen molar-refractivity contribution in [2.75, 3.05) is 19.6 Å². The fourth-order valence-corrected chi connectivity index (χ4v) is 4.52. The molecule has 3 unspecified atom stereocenters. The number of rotatable bonds is 4. The van der Waals surface area contributed by atoms with Gasteiger partial charge in [-0.25, -0.2) is 9.97 Å². The number of amides is 1. The summed E-state index contributed by atoms with van der Waals surface area (Å²) in [6, 6.07) is 9.17.